The van der Waals surface area contributed by atoms with Crippen LogP contribution in [-0.4, -0.2) is 73.2 Å². The zero-order valence-electron chi connectivity index (χ0n) is 18.9. The summed E-state index contributed by atoms with van der Waals surface area (Å²) in [4.78, 5) is 55.0. The number of rotatable bonds is 6. The third-order valence-electron chi connectivity index (χ3n) is 6.26. The summed E-state index contributed by atoms with van der Waals surface area (Å²) < 4.78 is 0. The van der Waals surface area contributed by atoms with Gasteiger partial charge in [0, 0.05) is 57.4 Å². The highest BCUT2D eigenvalue weighted by Gasteiger charge is 2.35. The summed E-state index contributed by atoms with van der Waals surface area (Å²) in [7, 11) is 3.90. The minimum Gasteiger partial charge on any atom is -0.378 e. The molecule has 33 heavy (non-hydrogen) atoms. The smallest absolute Gasteiger partial charge is 0.261 e. The Morgan fingerprint density at radius 1 is 0.939 bits per heavy atom. The van der Waals surface area contributed by atoms with E-state index in [0.717, 1.165) is 10.6 Å². The number of amides is 4. The Bertz CT molecular complexity index is 1040. The van der Waals surface area contributed by atoms with Gasteiger partial charge in [0.2, 0.25) is 5.91 Å². The summed E-state index contributed by atoms with van der Waals surface area (Å²) in [6, 6.07) is 14.1. The van der Waals surface area contributed by atoms with Crippen LogP contribution in [0, 0.1) is 0 Å². The molecule has 8 heteroatoms. The fourth-order valence-electron chi connectivity index (χ4n) is 4.26. The van der Waals surface area contributed by atoms with Crippen LogP contribution in [0.4, 0.5) is 5.69 Å². The van der Waals surface area contributed by atoms with E-state index in [1.54, 1.807) is 29.2 Å². The summed E-state index contributed by atoms with van der Waals surface area (Å²) >= 11 is 0. The fraction of sp³-hybridized carbons (Fsp3) is 0.360. The summed E-state index contributed by atoms with van der Waals surface area (Å²) in [6.07, 6.45) is 1.43. The van der Waals surface area contributed by atoms with Gasteiger partial charge < -0.3 is 15.1 Å². The van der Waals surface area contributed by atoms with Crippen molar-refractivity contribution in [2.24, 2.45) is 0 Å². The highest BCUT2D eigenvalue weighted by molar-refractivity contribution is 6.21. The number of nitrogens with zero attached hydrogens (tertiary/aromatic N) is 3. The predicted molar refractivity (Wildman–Crippen MR) is 124 cm³/mol. The van der Waals surface area contributed by atoms with Crippen molar-refractivity contribution in [1.82, 2.24) is 15.1 Å². The van der Waals surface area contributed by atoms with Gasteiger partial charge in [0.1, 0.15) is 0 Å². The van der Waals surface area contributed by atoms with Crippen molar-refractivity contribution in [3.63, 3.8) is 0 Å². The lowest BCUT2D eigenvalue weighted by Gasteiger charge is -2.32. The molecule has 0 aliphatic carbocycles. The van der Waals surface area contributed by atoms with Gasteiger partial charge in [0.05, 0.1) is 11.1 Å². The molecule has 1 saturated heterocycles. The van der Waals surface area contributed by atoms with Gasteiger partial charge >= 0.3 is 0 Å². The van der Waals surface area contributed by atoms with E-state index in [0.29, 0.717) is 42.6 Å². The number of piperidine rings is 1. The van der Waals surface area contributed by atoms with Gasteiger partial charge in [-0.2, -0.15) is 0 Å². The van der Waals surface area contributed by atoms with Gasteiger partial charge in [-0.25, -0.2) is 0 Å². The van der Waals surface area contributed by atoms with Crippen LogP contribution in [0.1, 0.15) is 50.3 Å². The Hall–Kier alpha value is -3.68. The van der Waals surface area contributed by atoms with E-state index in [-0.39, 0.29) is 42.6 Å². The average Bonchev–Trinajstić information content (AvgIpc) is 3.07. The molecule has 0 unspecified atom stereocenters. The zero-order valence-corrected chi connectivity index (χ0v) is 18.9. The molecule has 2 aliphatic rings. The second kappa shape index (κ2) is 9.44. The van der Waals surface area contributed by atoms with Crippen LogP contribution >= 0.6 is 0 Å². The van der Waals surface area contributed by atoms with E-state index in [2.05, 4.69) is 5.32 Å². The van der Waals surface area contributed by atoms with Gasteiger partial charge in [0.15, 0.2) is 0 Å². The lowest BCUT2D eigenvalue weighted by molar-refractivity contribution is -0.132. The van der Waals surface area contributed by atoms with Crippen LogP contribution in [0.5, 0.6) is 0 Å². The van der Waals surface area contributed by atoms with E-state index in [1.807, 2.05) is 43.3 Å². The van der Waals surface area contributed by atoms with E-state index >= 15 is 0 Å². The number of benzene rings is 2. The Balaban J connectivity index is 1.24. The number of fused-ring (bicyclic) bond motifs is 1. The van der Waals surface area contributed by atoms with Crippen molar-refractivity contribution < 1.29 is 19.2 Å². The molecule has 0 saturated carbocycles. The molecule has 0 spiro atoms. The number of imide groups is 1. The number of likely N-dealkylation sites (tertiary alicyclic amines) is 1. The third kappa shape index (κ3) is 4.74. The zero-order chi connectivity index (χ0) is 23.5. The first-order chi connectivity index (χ1) is 15.8. The van der Waals surface area contributed by atoms with Crippen LogP contribution in [0.2, 0.25) is 0 Å². The van der Waals surface area contributed by atoms with E-state index in [4.69, 9.17) is 0 Å². The summed E-state index contributed by atoms with van der Waals surface area (Å²) in [6.45, 7) is 1.14. The second-order valence-corrected chi connectivity index (χ2v) is 8.63. The van der Waals surface area contributed by atoms with E-state index in [9.17, 15) is 19.2 Å². The third-order valence-corrected chi connectivity index (χ3v) is 6.26. The maximum Gasteiger partial charge on any atom is 0.261 e. The van der Waals surface area contributed by atoms with Gasteiger partial charge in [-0.15, -0.1) is 0 Å². The average molecular weight is 449 g/mol. The van der Waals surface area contributed by atoms with Crippen molar-refractivity contribution in [1.29, 1.82) is 0 Å². The van der Waals surface area contributed by atoms with Crippen LogP contribution in [0.3, 0.4) is 0 Å². The largest absolute Gasteiger partial charge is 0.378 e. The van der Waals surface area contributed by atoms with Crippen LogP contribution in [0.25, 0.3) is 0 Å². The lowest BCUT2D eigenvalue weighted by atomic mass is 10.0. The van der Waals surface area contributed by atoms with Gasteiger partial charge in [-0.3, -0.25) is 24.1 Å². The molecular formula is C25H28N4O4. The summed E-state index contributed by atoms with van der Waals surface area (Å²) in [5, 5.41) is 3.05. The number of hydrogen-bond acceptors (Lipinski definition) is 5. The predicted octanol–water partition coefficient (Wildman–Crippen LogP) is 2.16. The maximum absolute atomic E-state index is 12.7. The Morgan fingerprint density at radius 3 is 2.06 bits per heavy atom. The molecule has 0 aromatic heterocycles. The molecular weight excluding hydrogens is 420 g/mol. The van der Waals surface area contributed by atoms with Crippen LogP contribution < -0.4 is 10.2 Å². The number of nitrogens with one attached hydrogen (secondary N) is 1. The molecule has 172 valence electrons. The number of anilines is 1. The maximum atomic E-state index is 12.7. The van der Waals surface area contributed by atoms with Crippen molar-refractivity contribution in [2.75, 3.05) is 38.6 Å². The topological polar surface area (TPSA) is 90.0 Å². The van der Waals surface area contributed by atoms with Crippen LogP contribution in [0.15, 0.2) is 48.5 Å². The minimum absolute atomic E-state index is 0.00584. The first-order valence-corrected chi connectivity index (χ1v) is 11.2. The quantitative estimate of drug-likeness (QED) is 0.684. The molecule has 4 amide bonds. The second-order valence-electron chi connectivity index (χ2n) is 8.63. The molecule has 4 rings (SSSR count). The molecule has 8 nitrogen and oxygen atoms in total. The summed E-state index contributed by atoms with van der Waals surface area (Å²) in [5.74, 6) is -0.891. The first-order valence-electron chi connectivity index (χ1n) is 11.2. The molecule has 0 bridgehead atoms. The van der Waals surface area contributed by atoms with Gasteiger partial charge in [-0.05, 0) is 49.2 Å². The fourth-order valence-corrected chi connectivity index (χ4v) is 4.26. The van der Waals surface area contributed by atoms with Crippen molar-refractivity contribution >= 4 is 29.3 Å². The molecule has 2 aromatic carbocycles. The number of hydrogen-bond donors (Lipinski definition) is 1. The first kappa shape index (κ1) is 22.5. The van der Waals surface area contributed by atoms with E-state index in [1.165, 1.54) is 0 Å². The molecule has 2 heterocycles. The molecule has 0 radical (unpaired) electrons. The van der Waals surface area contributed by atoms with Crippen LogP contribution in [-0.2, 0) is 4.79 Å². The van der Waals surface area contributed by atoms with Crippen molar-refractivity contribution in [3.8, 4) is 0 Å². The standard InChI is InChI=1S/C25H28N4O4/c1-27(2)19-9-7-17(8-10-19)23(31)26-18-11-14-28(15-12-18)22(30)13-16-29-24(32)20-5-3-4-6-21(20)25(29)33/h3-10,18H,11-16H2,1-2H3,(H,26,31). The normalized spacial score (nSPS) is 16.1. The van der Waals surface area contributed by atoms with Crippen molar-refractivity contribution in [3.05, 3.63) is 65.2 Å². The highest BCUT2D eigenvalue weighted by atomic mass is 16.2. The Labute approximate surface area is 193 Å². The molecule has 2 aliphatic heterocycles. The van der Waals surface area contributed by atoms with E-state index < -0.39 is 0 Å². The Kier molecular flexibility index (Phi) is 6.44. The number of carbonyl (C=O) groups is 4. The molecule has 1 N–H and O–H groups in total. The SMILES string of the molecule is CN(C)c1ccc(C(=O)NC2CCN(C(=O)CCN3C(=O)c4ccccc4C3=O)CC2)cc1. The molecule has 0 atom stereocenters. The summed E-state index contributed by atoms with van der Waals surface area (Å²) in [5.41, 5.74) is 2.42. The molecule has 1 fully saturated rings. The highest BCUT2D eigenvalue weighted by Crippen LogP contribution is 2.23. The van der Waals surface area contributed by atoms with Gasteiger partial charge in [-0.1, -0.05) is 12.1 Å². The Morgan fingerprint density at radius 2 is 1.52 bits per heavy atom. The molecule has 2 aromatic rings. The monoisotopic (exact) mass is 448 g/mol. The van der Waals surface area contributed by atoms with Gasteiger partial charge in [0.25, 0.3) is 17.7 Å². The number of carbonyl (C=O) groups excluding carboxylic acids is 4. The minimum atomic E-state index is -0.344. The lowest BCUT2D eigenvalue weighted by Crippen LogP contribution is -2.47. The van der Waals surface area contributed by atoms with Crippen molar-refractivity contribution in [2.45, 2.75) is 25.3 Å².